The van der Waals surface area contributed by atoms with E-state index in [-0.39, 0.29) is 17.4 Å². The number of aryl methyl sites for hydroxylation is 1. The summed E-state index contributed by atoms with van der Waals surface area (Å²) in [6.45, 7) is 7.24. The van der Waals surface area contributed by atoms with Gasteiger partial charge in [-0.05, 0) is 69.7 Å². The smallest absolute Gasteiger partial charge is 0.308 e. The van der Waals surface area contributed by atoms with Gasteiger partial charge in [-0.15, -0.1) is 0 Å². The molecule has 140 valence electrons. The van der Waals surface area contributed by atoms with Crippen molar-refractivity contribution in [3.05, 3.63) is 58.1 Å². The lowest BCUT2D eigenvalue weighted by atomic mass is 10.1. The number of rotatable bonds is 2. The molecule has 2 N–H and O–H groups in total. The molecule has 0 bridgehead atoms. The summed E-state index contributed by atoms with van der Waals surface area (Å²) in [5, 5.41) is 6.01. The van der Waals surface area contributed by atoms with Gasteiger partial charge in [-0.1, -0.05) is 11.6 Å². The van der Waals surface area contributed by atoms with Gasteiger partial charge >= 0.3 is 6.03 Å². The molecule has 0 saturated carbocycles. The van der Waals surface area contributed by atoms with Gasteiger partial charge in [0.05, 0.1) is 11.1 Å². The Morgan fingerprint density at radius 3 is 2.26 bits per heavy atom. The Kier molecular flexibility index (Phi) is 4.70. The number of nitrogens with zero attached hydrogens (tertiary/aromatic N) is 1. The molecule has 7 heteroatoms. The van der Waals surface area contributed by atoms with Gasteiger partial charge in [0.15, 0.2) is 0 Å². The number of halogens is 1. The van der Waals surface area contributed by atoms with E-state index in [1.807, 2.05) is 6.92 Å². The van der Waals surface area contributed by atoms with Crippen LogP contribution in [0.15, 0.2) is 36.4 Å². The fraction of sp³-hybridized carbons (Fsp3) is 0.250. The van der Waals surface area contributed by atoms with E-state index in [9.17, 15) is 14.4 Å². The number of benzene rings is 2. The molecule has 0 aliphatic carbocycles. The Morgan fingerprint density at radius 2 is 1.63 bits per heavy atom. The maximum absolute atomic E-state index is 12.6. The number of carbonyl (C=O) groups is 3. The maximum Gasteiger partial charge on any atom is 0.323 e. The van der Waals surface area contributed by atoms with Crippen molar-refractivity contribution in [3.63, 3.8) is 0 Å². The largest absolute Gasteiger partial charge is 0.323 e. The SMILES string of the molecule is Cc1cc(Cl)ccc1NC(=O)Nc1ccc2c(c1)C(=O)N(C(C)(C)C)C2=O. The monoisotopic (exact) mass is 385 g/mol. The first-order valence-electron chi connectivity index (χ1n) is 8.45. The van der Waals surface area contributed by atoms with Gasteiger partial charge in [0, 0.05) is 21.9 Å². The lowest BCUT2D eigenvalue weighted by molar-refractivity contribution is 0.0507. The van der Waals surface area contributed by atoms with E-state index < -0.39 is 11.6 Å². The minimum absolute atomic E-state index is 0.287. The minimum atomic E-state index is -0.621. The van der Waals surface area contributed by atoms with E-state index in [4.69, 9.17) is 11.6 Å². The molecule has 1 heterocycles. The number of nitrogens with one attached hydrogen (secondary N) is 2. The summed E-state index contributed by atoms with van der Waals surface area (Å²) in [5.41, 5.74) is 1.89. The predicted molar refractivity (Wildman–Crippen MR) is 106 cm³/mol. The van der Waals surface area contributed by atoms with Crippen LogP contribution in [0.4, 0.5) is 16.2 Å². The molecular formula is C20H20ClN3O3. The van der Waals surface area contributed by atoms with E-state index in [2.05, 4.69) is 10.6 Å². The van der Waals surface area contributed by atoms with E-state index in [1.54, 1.807) is 51.1 Å². The standard InChI is InChI=1S/C20H20ClN3O3/c1-11-9-12(21)5-8-16(11)23-19(27)22-13-6-7-14-15(10-13)18(26)24(17(14)25)20(2,3)4/h5-10H,1-4H3,(H2,22,23,27). The van der Waals surface area contributed by atoms with Crippen LogP contribution in [0.5, 0.6) is 0 Å². The highest BCUT2D eigenvalue weighted by Crippen LogP contribution is 2.31. The van der Waals surface area contributed by atoms with E-state index in [1.165, 1.54) is 11.0 Å². The Hall–Kier alpha value is -2.86. The van der Waals surface area contributed by atoms with Crippen molar-refractivity contribution >= 4 is 40.8 Å². The van der Waals surface area contributed by atoms with Crippen LogP contribution < -0.4 is 10.6 Å². The van der Waals surface area contributed by atoms with Gasteiger partial charge in [-0.2, -0.15) is 0 Å². The maximum atomic E-state index is 12.6. The van der Waals surface area contributed by atoms with Gasteiger partial charge in [0.25, 0.3) is 11.8 Å². The van der Waals surface area contributed by atoms with Crippen LogP contribution in [0.3, 0.4) is 0 Å². The highest BCUT2D eigenvalue weighted by molar-refractivity contribution is 6.30. The van der Waals surface area contributed by atoms with Gasteiger partial charge in [-0.3, -0.25) is 14.5 Å². The molecule has 2 aromatic rings. The number of hydrogen-bond donors (Lipinski definition) is 2. The minimum Gasteiger partial charge on any atom is -0.308 e. The summed E-state index contributed by atoms with van der Waals surface area (Å²) >= 11 is 5.91. The number of imide groups is 1. The molecule has 4 amide bonds. The van der Waals surface area contributed by atoms with Crippen LogP contribution in [-0.4, -0.2) is 28.3 Å². The van der Waals surface area contributed by atoms with Gasteiger partial charge in [0.1, 0.15) is 0 Å². The molecule has 0 saturated heterocycles. The van der Waals surface area contributed by atoms with E-state index in [0.717, 1.165) is 5.56 Å². The summed E-state index contributed by atoms with van der Waals surface area (Å²) < 4.78 is 0. The average molecular weight is 386 g/mol. The zero-order valence-corrected chi connectivity index (χ0v) is 16.3. The number of anilines is 2. The lowest BCUT2D eigenvalue weighted by Gasteiger charge is -2.29. The van der Waals surface area contributed by atoms with Gasteiger partial charge < -0.3 is 10.6 Å². The molecule has 0 atom stereocenters. The zero-order chi connectivity index (χ0) is 19.9. The molecule has 0 unspecified atom stereocenters. The van der Waals surface area contributed by atoms with Crippen molar-refractivity contribution in [2.75, 3.05) is 10.6 Å². The molecule has 0 radical (unpaired) electrons. The third-order valence-electron chi connectivity index (χ3n) is 4.25. The van der Waals surface area contributed by atoms with Crippen LogP contribution in [0, 0.1) is 6.92 Å². The van der Waals surface area contributed by atoms with E-state index in [0.29, 0.717) is 22.0 Å². The summed E-state index contributed by atoms with van der Waals surface area (Å²) in [4.78, 5) is 38.6. The summed E-state index contributed by atoms with van der Waals surface area (Å²) in [5.74, 6) is -0.685. The van der Waals surface area contributed by atoms with Crippen LogP contribution in [0.1, 0.15) is 47.1 Å². The first kappa shape index (κ1) is 18.9. The van der Waals surface area contributed by atoms with Crippen molar-refractivity contribution < 1.29 is 14.4 Å². The molecule has 2 aromatic carbocycles. The topological polar surface area (TPSA) is 78.5 Å². The summed E-state index contributed by atoms with van der Waals surface area (Å²) in [7, 11) is 0. The highest BCUT2D eigenvalue weighted by atomic mass is 35.5. The number of urea groups is 1. The van der Waals surface area contributed by atoms with Gasteiger partial charge in [-0.25, -0.2) is 4.79 Å². The number of carbonyl (C=O) groups excluding carboxylic acids is 3. The molecule has 1 aliphatic heterocycles. The quantitative estimate of drug-likeness (QED) is 0.736. The number of fused-ring (bicyclic) bond motifs is 1. The fourth-order valence-corrected chi connectivity index (χ4v) is 3.21. The average Bonchev–Trinajstić information content (AvgIpc) is 2.81. The second-order valence-corrected chi connectivity index (χ2v) is 7.85. The Labute approximate surface area is 162 Å². The molecular weight excluding hydrogens is 366 g/mol. The first-order chi connectivity index (χ1) is 12.6. The summed E-state index contributed by atoms with van der Waals surface area (Å²) in [6.07, 6.45) is 0. The molecule has 0 aromatic heterocycles. The fourth-order valence-electron chi connectivity index (χ4n) is 2.98. The van der Waals surface area contributed by atoms with Crippen molar-refractivity contribution in [2.45, 2.75) is 33.2 Å². The second-order valence-electron chi connectivity index (χ2n) is 7.42. The highest BCUT2D eigenvalue weighted by Gasteiger charge is 2.41. The lowest BCUT2D eigenvalue weighted by Crippen LogP contribution is -2.45. The van der Waals surface area contributed by atoms with Gasteiger partial charge in [0.2, 0.25) is 0 Å². The summed E-state index contributed by atoms with van der Waals surface area (Å²) in [6, 6.07) is 9.38. The number of hydrogen-bond acceptors (Lipinski definition) is 3. The van der Waals surface area contributed by atoms with E-state index >= 15 is 0 Å². The first-order valence-corrected chi connectivity index (χ1v) is 8.83. The third kappa shape index (κ3) is 3.66. The van der Waals surface area contributed by atoms with Crippen LogP contribution in [0.25, 0.3) is 0 Å². The van der Waals surface area contributed by atoms with Crippen molar-refractivity contribution in [3.8, 4) is 0 Å². The third-order valence-corrected chi connectivity index (χ3v) is 4.49. The Balaban J connectivity index is 1.79. The zero-order valence-electron chi connectivity index (χ0n) is 15.5. The van der Waals surface area contributed by atoms with Crippen LogP contribution in [-0.2, 0) is 0 Å². The van der Waals surface area contributed by atoms with Crippen LogP contribution >= 0.6 is 11.6 Å². The predicted octanol–water partition coefficient (Wildman–Crippen LogP) is 4.69. The molecule has 0 spiro atoms. The van der Waals surface area contributed by atoms with Crippen molar-refractivity contribution in [2.24, 2.45) is 0 Å². The molecule has 6 nitrogen and oxygen atoms in total. The molecule has 1 aliphatic rings. The van der Waals surface area contributed by atoms with Crippen LogP contribution in [0.2, 0.25) is 5.02 Å². The van der Waals surface area contributed by atoms with Crippen molar-refractivity contribution in [1.82, 2.24) is 4.90 Å². The Morgan fingerprint density at radius 1 is 0.963 bits per heavy atom. The number of amides is 4. The molecule has 3 rings (SSSR count). The second kappa shape index (κ2) is 6.70. The molecule has 27 heavy (non-hydrogen) atoms. The normalized spacial score (nSPS) is 13.6. The molecule has 0 fully saturated rings. The van der Waals surface area contributed by atoms with Crippen molar-refractivity contribution in [1.29, 1.82) is 0 Å². The Bertz CT molecular complexity index is 963.